The maximum atomic E-state index is 12.8. The van der Waals surface area contributed by atoms with Crippen LogP contribution in [0.4, 0.5) is 0 Å². The zero-order valence-electron chi connectivity index (χ0n) is 45.3. The van der Waals surface area contributed by atoms with Gasteiger partial charge in [-0.1, -0.05) is 94.5 Å². The average Bonchev–Trinajstić information content (AvgIpc) is 3.16. The van der Waals surface area contributed by atoms with Gasteiger partial charge >= 0.3 is 225 Å². The van der Waals surface area contributed by atoms with E-state index in [1.54, 1.807) is 6.08 Å². The molecule has 0 heterocycles. The van der Waals surface area contributed by atoms with Crippen molar-refractivity contribution in [2.45, 2.75) is 259 Å². The summed E-state index contributed by atoms with van der Waals surface area (Å²) >= 11 is -0.149. The molecule has 4 atom stereocenters. The number of halogens is 1. The number of carbonyl (C=O) groups is 1. The summed E-state index contributed by atoms with van der Waals surface area (Å²) < 4.78 is 36.0. The molecule has 10 heteroatoms. The van der Waals surface area contributed by atoms with E-state index in [0.29, 0.717) is 0 Å². The molecule has 0 spiro atoms. The summed E-state index contributed by atoms with van der Waals surface area (Å²) in [7, 11) is -5.95. The summed E-state index contributed by atoms with van der Waals surface area (Å²) in [6, 6.07) is 0. The van der Waals surface area contributed by atoms with Crippen LogP contribution in [0.25, 0.3) is 0 Å². The van der Waals surface area contributed by atoms with Crippen molar-refractivity contribution in [1.82, 2.24) is 0 Å². The first-order valence-corrected chi connectivity index (χ1v) is 43.0. The van der Waals surface area contributed by atoms with Crippen LogP contribution in [-0.4, -0.2) is 73.7 Å². The van der Waals surface area contributed by atoms with E-state index in [1.165, 1.54) is 51.8 Å². The SMILES string of the molecule is CCC[CH2][Sn](/[CH]=C/[C@H](C/C=C/C=C\C(=O)O[C@H](C)CCC/C=C/C=C/[C@@H](C[C@H](C/C=C\I)O[Si](C)(C)C(C)(C)C)O[Si](C)(C)C(C)(C)C)O[Si](C)(C)C(C)(C)C)([CH2]CCC)[CH2]CCC. The Labute approximate surface area is 419 Å². The van der Waals surface area contributed by atoms with Crippen molar-refractivity contribution in [2.24, 2.45) is 0 Å². The molecule has 5 nitrogen and oxygen atoms in total. The summed E-state index contributed by atoms with van der Waals surface area (Å²) in [6.07, 6.45) is 34.1. The first-order chi connectivity index (χ1) is 29.5. The van der Waals surface area contributed by atoms with Crippen molar-refractivity contribution < 1.29 is 22.8 Å². The van der Waals surface area contributed by atoms with E-state index >= 15 is 0 Å². The van der Waals surface area contributed by atoms with E-state index in [2.05, 4.69) is 196 Å². The quantitative estimate of drug-likeness (QED) is 0.0168. The van der Waals surface area contributed by atoms with Crippen LogP contribution in [-0.2, 0) is 22.8 Å². The van der Waals surface area contributed by atoms with Gasteiger partial charge in [-0.3, -0.25) is 0 Å². The number of carbonyl (C=O) groups excluding carboxylic acids is 1. The number of hydrogen-bond acceptors (Lipinski definition) is 5. The molecular weight excluding hydrogens is 1060 g/mol. The topological polar surface area (TPSA) is 54.0 Å². The fourth-order valence-corrected chi connectivity index (χ4v) is 25.5. The zero-order chi connectivity index (χ0) is 49.3. The number of unbranched alkanes of at least 4 members (excludes halogenated alkanes) is 4. The molecule has 0 aromatic heterocycles. The van der Waals surface area contributed by atoms with Gasteiger partial charge in [-0.2, -0.15) is 0 Å². The van der Waals surface area contributed by atoms with Crippen molar-refractivity contribution in [1.29, 1.82) is 0 Å². The van der Waals surface area contributed by atoms with Gasteiger partial charge in [0, 0.05) is 6.42 Å². The maximum absolute atomic E-state index is 12.8. The normalized spacial score (nSPS) is 16.4. The van der Waals surface area contributed by atoms with E-state index in [4.69, 9.17) is 18.0 Å². The zero-order valence-corrected chi connectivity index (χ0v) is 53.3. The van der Waals surface area contributed by atoms with Crippen LogP contribution in [0.3, 0.4) is 0 Å². The number of allylic oxidation sites excluding steroid dienone is 5. The molecule has 0 aromatic carbocycles. The van der Waals surface area contributed by atoms with Crippen LogP contribution >= 0.6 is 22.6 Å². The molecule has 0 amide bonds. The van der Waals surface area contributed by atoms with Crippen LogP contribution < -0.4 is 0 Å². The van der Waals surface area contributed by atoms with E-state index in [-0.39, 0.29) is 45.5 Å². The molecule has 0 radical (unpaired) electrons. The van der Waals surface area contributed by atoms with Crippen LogP contribution in [0.5, 0.6) is 0 Å². The molecule has 0 saturated heterocycles. The van der Waals surface area contributed by atoms with Crippen LogP contribution in [0.15, 0.2) is 68.9 Å². The van der Waals surface area contributed by atoms with Crippen molar-refractivity contribution in [2.75, 3.05) is 0 Å². The van der Waals surface area contributed by atoms with E-state index < -0.39 is 43.3 Å². The summed E-state index contributed by atoms with van der Waals surface area (Å²) in [5.74, 6) is -0.288. The van der Waals surface area contributed by atoms with Gasteiger partial charge in [-0.15, -0.1) is 0 Å². The summed E-state index contributed by atoms with van der Waals surface area (Å²) in [6.45, 7) is 43.9. The molecule has 0 aliphatic carbocycles. The average molecular weight is 1160 g/mol. The minimum atomic E-state index is -2.46. The number of hydrogen-bond donors (Lipinski definition) is 0. The van der Waals surface area contributed by atoms with Gasteiger partial charge in [0.2, 0.25) is 0 Å². The van der Waals surface area contributed by atoms with Gasteiger partial charge in [0.05, 0.1) is 12.2 Å². The second-order valence-electron chi connectivity index (χ2n) is 23.2. The molecule has 0 bridgehead atoms. The Balaban J connectivity index is 5.63. The monoisotopic (exact) mass is 1160 g/mol. The molecule has 0 fully saturated rings. The van der Waals surface area contributed by atoms with Gasteiger partial charge in [0.25, 0.3) is 0 Å². The molecule has 0 rings (SSSR count). The van der Waals surface area contributed by atoms with Gasteiger partial charge in [-0.05, 0) is 59.6 Å². The van der Waals surface area contributed by atoms with Crippen LogP contribution in [0.2, 0.25) is 67.7 Å². The molecule has 0 saturated carbocycles. The third-order valence-corrected chi connectivity index (χ3v) is 42.4. The Morgan fingerprint density at radius 2 is 1.09 bits per heavy atom. The predicted octanol–water partition coefficient (Wildman–Crippen LogP) is 18.5. The fraction of sp³-hybridized carbons (Fsp3) is 0.759. The molecule has 0 aliphatic heterocycles. The summed E-state index contributed by atoms with van der Waals surface area (Å²) in [4.78, 5) is 12.8. The van der Waals surface area contributed by atoms with Crippen molar-refractivity contribution in [3.05, 3.63) is 68.9 Å². The number of rotatable bonds is 32. The third-order valence-electron chi connectivity index (χ3n) is 14.2. The van der Waals surface area contributed by atoms with Crippen molar-refractivity contribution in [3.63, 3.8) is 0 Å². The van der Waals surface area contributed by atoms with Gasteiger partial charge in [0.15, 0.2) is 16.6 Å². The van der Waals surface area contributed by atoms with Crippen molar-refractivity contribution in [3.8, 4) is 0 Å². The Morgan fingerprint density at radius 3 is 1.58 bits per heavy atom. The molecule has 0 aliphatic rings. The summed E-state index contributed by atoms with van der Waals surface area (Å²) in [5.41, 5.74) is 0. The third kappa shape index (κ3) is 26.7. The molecule has 64 heavy (non-hydrogen) atoms. The van der Waals surface area contributed by atoms with Gasteiger partial charge < -0.3 is 8.85 Å². The second-order valence-corrected chi connectivity index (χ2v) is 51.2. The predicted molar refractivity (Wildman–Crippen MR) is 303 cm³/mol. The van der Waals surface area contributed by atoms with Crippen molar-refractivity contribution >= 4 is 71.9 Å². The van der Waals surface area contributed by atoms with E-state index in [9.17, 15) is 4.79 Å². The molecule has 0 N–H and O–H groups in total. The Morgan fingerprint density at radius 1 is 0.609 bits per heavy atom. The summed E-state index contributed by atoms with van der Waals surface area (Å²) in [5, 5.41) is 0.403. The Hall–Kier alpha value is -0.0306. The molecule has 372 valence electrons. The van der Waals surface area contributed by atoms with Gasteiger partial charge in [0.1, 0.15) is 0 Å². The second kappa shape index (κ2) is 31.2. The Kier molecular flexibility index (Phi) is 31.2. The number of ether oxygens (including phenoxy) is 1. The molecule has 0 unspecified atom stereocenters. The first-order valence-electron chi connectivity index (χ1n) is 25.4. The molecule has 0 aromatic rings. The van der Waals surface area contributed by atoms with Crippen LogP contribution in [0.1, 0.15) is 167 Å². The number of esters is 1. The molecular formula is C54H103IO5Si3Sn. The minimum absolute atomic E-state index is 0.0207. The van der Waals surface area contributed by atoms with E-state index in [0.717, 1.165) is 38.5 Å². The Bertz CT molecular complexity index is 1440. The van der Waals surface area contributed by atoms with Gasteiger partial charge in [-0.25, -0.2) is 0 Å². The first kappa shape index (κ1) is 64.0. The van der Waals surface area contributed by atoms with Crippen LogP contribution in [0, 0.1) is 0 Å². The standard InChI is InChI=1S/C42H76IO5Si3.3C4H9.Sn/c1-18-36(46-49(12,13)40(3,4)5)29-25-22-26-32-39(44)45-35(2)28-23-20-19-21-24-30-37(47-50(14,15)41(6,7)8)34-38(31-27-33-43)48-51(16,17)42(9,10)11;3*1-3-4-2;/h1,18-19,21-22,24-27,30,32-33,35-38H,20,23,28-29,31,34H2,2-17H3;3*1,3-4H2,2H3;/b18-1?,21-19+,25-22+,30-24+,32-26-,33-27-;;;;/t35-,36-,37+,38+;;;;/m1..../s1. The fourth-order valence-electron chi connectivity index (χ4n) is 6.82. The van der Waals surface area contributed by atoms with E-state index in [1.807, 2.05) is 19.1 Å².